The van der Waals surface area contributed by atoms with Crippen LogP contribution in [0, 0.1) is 17.2 Å². The first-order valence-corrected chi connectivity index (χ1v) is 12.5. The molecule has 2 saturated heterocycles. The molecule has 0 aromatic heterocycles. The van der Waals surface area contributed by atoms with Gasteiger partial charge >= 0.3 is 6.03 Å². The van der Waals surface area contributed by atoms with Gasteiger partial charge in [0, 0.05) is 41.5 Å². The highest BCUT2D eigenvalue weighted by Crippen LogP contribution is 2.47. The molecule has 1 saturated carbocycles. The summed E-state index contributed by atoms with van der Waals surface area (Å²) in [5, 5.41) is 9.83. The zero-order valence-electron chi connectivity index (χ0n) is 19.7. The Hall–Kier alpha value is -3.12. The molecule has 2 heterocycles. The fraction of sp³-hybridized carbons (Fsp3) is 0.385. The van der Waals surface area contributed by atoms with Crippen LogP contribution in [0.4, 0.5) is 10.5 Å². The monoisotopic (exact) mass is 525 g/mol. The Morgan fingerprint density at radius 2 is 1.78 bits per heavy atom. The molecule has 0 bridgehead atoms. The summed E-state index contributed by atoms with van der Waals surface area (Å²) in [4.78, 5) is 45.5. The van der Waals surface area contributed by atoms with Gasteiger partial charge in [0.05, 0.1) is 23.9 Å². The van der Waals surface area contributed by atoms with Crippen molar-refractivity contribution in [2.75, 3.05) is 25.0 Å². The maximum absolute atomic E-state index is 14.2. The Morgan fingerprint density at radius 1 is 1.11 bits per heavy atom. The summed E-state index contributed by atoms with van der Waals surface area (Å²) >= 11 is 12.4. The molecule has 186 valence electrons. The summed E-state index contributed by atoms with van der Waals surface area (Å²) in [5.74, 6) is -1.18. The van der Waals surface area contributed by atoms with Gasteiger partial charge in [-0.25, -0.2) is 9.69 Å². The molecule has 2 N–H and O–H groups in total. The van der Waals surface area contributed by atoms with Gasteiger partial charge in [0.1, 0.15) is 5.54 Å². The highest BCUT2D eigenvalue weighted by molar-refractivity contribution is 6.35. The zero-order chi connectivity index (χ0) is 25.8. The number of hydrogen-bond donors (Lipinski definition) is 1. The van der Waals surface area contributed by atoms with Crippen LogP contribution in [0.2, 0.25) is 10.0 Å². The van der Waals surface area contributed by atoms with E-state index in [1.54, 1.807) is 36.2 Å². The van der Waals surface area contributed by atoms with E-state index in [1.165, 1.54) is 23.1 Å². The van der Waals surface area contributed by atoms with Crippen LogP contribution in [0.25, 0.3) is 0 Å². The molecule has 3 aliphatic rings. The molecule has 1 unspecified atom stereocenters. The van der Waals surface area contributed by atoms with E-state index in [2.05, 4.69) is 6.07 Å². The van der Waals surface area contributed by atoms with E-state index in [9.17, 15) is 19.6 Å². The van der Waals surface area contributed by atoms with Crippen LogP contribution in [0.5, 0.6) is 0 Å². The third-order valence-electron chi connectivity index (χ3n) is 7.74. The van der Waals surface area contributed by atoms with E-state index in [-0.39, 0.29) is 36.6 Å². The summed E-state index contributed by atoms with van der Waals surface area (Å²) in [6, 6.07) is 13.1. The molecule has 4 amide bonds. The smallest absolute Gasteiger partial charge is 0.332 e. The lowest BCUT2D eigenvalue weighted by Gasteiger charge is -2.33. The van der Waals surface area contributed by atoms with Crippen molar-refractivity contribution in [1.82, 2.24) is 9.80 Å². The molecule has 5 rings (SSSR count). The summed E-state index contributed by atoms with van der Waals surface area (Å²) in [6.07, 6.45) is 2.11. The molecular formula is C26H25Cl2N5O3. The molecule has 2 aromatic carbocycles. The highest BCUT2D eigenvalue weighted by atomic mass is 35.5. The van der Waals surface area contributed by atoms with Crippen LogP contribution >= 0.6 is 23.2 Å². The van der Waals surface area contributed by atoms with Crippen LogP contribution in [0.15, 0.2) is 42.5 Å². The van der Waals surface area contributed by atoms with Crippen LogP contribution in [0.3, 0.4) is 0 Å². The van der Waals surface area contributed by atoms with E-state index in [0.29, 0.717) is 28.5 Å². The average molecular weight is 526 g/mol. The summed E-state index contributed by atoms with van der Waals surface area (Å²) in [6.45, 7) is 0.331. The number of carbonyl (C=O) groups is 3. The number of rotatable bonds is 3. The largest absolute Gasteiger partial charge is 0.339 e. The van der Waals surface area contributed by atoms with E-state index >= 15 is 0 Å². The third kappa shape index (κ3) is 3.83. The fourth-order valence-corrected chi connectivity index (χ4v) is 6.39. The maximum atomic E-state index is 14.2. The van der Waals surface area contributed by atoms with Crippen LogP contribution in [-0.2, 0) is 9.59 Å². The third-order valence-corrected chi connectivity index (χ3v) is 8.18. The topological polar surface area (TPSA) is 111 Å². The lowest BCUT2D eigenvalue weighted by molar-refractivity contribution is -0.135. The number of likely N-dealkylation sites (tertiary alicyclic amines) is 1. The minimum atomic E-state index is -1.32. The second-order valence-electron chi connectivity index (χ2n) is 9.81. The Kier molecular flexibility index (Phi) is 6.19. The number of amides is 4. The molecule has 1 spiro atoms. The first kappa shape index (κ1) is 24.6. The minimum absolute atomic E-state index is 0.00901. The molecule has 10 heteroatoms. The van der Waals surface area contributed by atoms with Crippen molar-refractivity contribution in [1.29, 1.82) is 5.26 Å². The first-order valence-electron chi connectivity index (χ1n) is 11.8. The second-order valence-corrected chi connectivity index (χ2v) is 10.7. The van der Waals surface area contributed by atoms with Gasteiger partial charge in [-0.3, -0.25) is 9.59 Å². The number of benzene rings is 2. The van der Waals surface area contributed by atoms with Crippen molar-refractivity contribution >= 4 is 46.7 Å². The number of nitriles is 1. The predicted molar refractivity (Wildman–Crippen MR) is 136 cm³/mol. The summed E-state index contributed by atoms with van der Waals surface area (Å²) < 4.78 is 0. The van der Waals surface area contributed by atoms with E-state index < -0.39 is 23.4 Å². The van der Waals surface area contributed by atoms with Crippen molar-refractivity contribution in [2.45, 2.75) is 36.8 Å². The number of anilines is 1. The van der Waals surface area contributed by atoms with E-state index in [1.807, 2.05) is 0 Å². The molecule has 2 aromatic rings. The lowest BCUT2D eigenvalue weighted by Crippen LogP contribution is -2.54. The maximum Gasteiger partial charge on any atom is 0.332 e. The normalized spacial score (nSPS) is 27.9. The average Bonchev–Trinajstić information content (AvgIpc) is 3.51. The molecule has 3 fully saturated rings. The Bertz CT molecular complexity index is 1270. The van der Waals surface area contributed by atoms with Gasteiger partial charge in [0.25, 0.3) is 5.91 Å². The zero-order valence-corrected chi connectivity index (χ0v) is 21.2. The Morgan fingerprint density at radius 3 is 2.36 bits per heavy atom. The van der Waals surface area contributed by atoms with Crippen molar-refractivity contribution in [3.8, 4) is 6.07 Å². The number of likely N-dealkylation sites (N-methyl/N-ethyl adjacent to an activating group) is 1. The van der Waals surface area contributed by atoms with Gasteiger partial charge < -0.3 is 15.5 Å². The van der Waals surface area contributed by atoms with Crippen molar-refractivity contribution in [3.63, 3.8) is 0 Å². The fourth-order valence-electron chi connectivity index (χ4n) is 5.87. The standard InChI is InChI=1S/C26H25Cl2N5O3/c1-31-25(36)33(21-10-18(27)9-19(28)11-21)24(35)26(31)14-32(23(34)17-6-7-20(30)8-17)13-22(26)16-4-2-15(12-29)3-5-16/h2-5,9-11,17,20,22H,6-8,13-14,30H2,1H3/t17-,20+,22+,26?/m1/s1. The Labute approximate surface area is 219 Å². The van der Waals surface area contributed by atoms with Crippen LogP contribution in [0.1, 0.15) is 36.3 Å². The quantitative estimate of drug-likeness (QED) is 0.613. The van der Waals surface area contributed by atoms with Crippen LogP contribution in [-0.4, -0.2) is 59.4 Å². The van der Waals surface area contributed by atoms with Gasteiger partial charge in [-0.1, -0.05) is 35.3 Å². The molecule has 4 atom stereocenters. The van der Waals surface area contributed by atoms with Gasteiger partial charge in [0.15, 0.2) is 0 Å². The number of imide groups is 1. The minimum Gasteiger partial charge on any atom is -0.339 e. The van der Waals surface area contributed by atoms with Crippen molar-refractivity contribution in [2.24, 2.45) is 11.7 Å². The lowest BCUT2D eigenvalue weighted by atomic mass is 9.80. The van der Waals surface area contributed by atoms with Gasteiger partial charge in [-0.2, -0.15) is 5.26 Å². The van der Waals surface area contributed by atoms with Crippen molar-refractivity contribution in [3.05, 3.63) is 63.6 Å². The molecule has 0 radical (unpaired) electrons. The highest BCUT2D eigenvalue weighted by Gasteiger charge is 2.65. The summed E-state index contributed by atoms with van der Waals surface area (Å²) in [7, 11) is 1.59. The molecular weight excluding hydrogens is 501 g/mol. The number of hydrogen-bond acceptors (Lipinski definition) is 5. The summed E-state index contributed by atoms with van der Waals surface area (Å²) in [5.41, 5.74) is 6.26. The number of nitrogens with two attached hydrogens (primary N) is 1. The van der Waals surface area contributed by atoms with Gasteiger partial charge in [0.2, 0.25) is 5.91 Å². The number of halogens is 2. The predicted octanol–water partition coefficient (Wildman–Crippen LogP) is 3.76. The van der Waals surface area contributed by atoms with E-state index in [0.717, 1.165) is 16.9 Å². The van der Waals surface area contributed by atoms with Crippen molar-refractivity contribution < 1.29 is 14.4 Å². The van der Waals surface area contributed by atoms with Crippen LogP contribution < -0.4 is 10.6 Å². The number of carbonyl (C=O) groups excluding carboxylic acids is 3. The first-order chi connectivity index (χ1) is 17.1. The molecule has 2 aliphatic heterocycles. The van der Waals surface area contributed by atoms with Gasteiger partial charge in [-0.05, 0) is 55.2 Å². The second kappa shape index (κ2) is 9.07. The SMILES string of the molecule is CN1C(=O)N(c2cc(Cl)cc(Cl)c2)C(=O)C12CN(C(=O)[C@@H]1CC[C@H](N)C1)C[C@H]2c1ccc(C#N)cc1. The molecule has 1 aliphatic carbocycles. The number of nitrogens with zero attached hydrogens (tertiary/aromatic N) is 4. The van der Waals surface area contributed by atoms with E-state index in [4.69, 9.17) is 28.9 Å². The number of urea groups is 1. The molecule has 8 nitrogen and oxygen atoms in total. The molecule has 36 heavy (non-hydrogen) atoms. The van der Waals surface area contributed by atoms with Gasteiger partial charge in [-0.15, -0.1) is 0 Å². The Balaban J connectivity index is 1.58.